The molecule has 5 heteroatoms. The smallest absolute Gasteiger partial charge is 0.265 e. The van der Waals surface area contributed by atoms with Crippen LogP contribution >= 0.6 is 15.9 Å². The van der Waals surface area contributed by atoms with Crippen molar-refractivity contribution in [3.8, 4) is 11.6 Å². The molecule has 2 rings (SSSR count). The van der Waals surface area contributed by atoms with Crippen LogP contribution < -0.4 is 5.56 Å². The highest BCUT2D eigenvalue weighted by molar-refractivity contribution is 9.10. The Balaban J connectivity index is 2.60. The van der Waals surface area contributed by atoms with E-state index in [-0.39, 0.29) is 5.56 Å². The normalized spacial score (nSPS) is 10.6. The molecule has 0 amide bonds. The van der Waals surface area contributed by atoms with Gasteiger partial charge in [-0.3, -0.25) is 4.79 Å². The molecule has 0 fully saturated rings. The lowest BCUT2D eigenvalue weighted by Gasteiger charge is -1.99. The quantitative estimate of drug-likeness (QED) is 0.864. The van der Waals surface area contributed by atoms with Gasteiger partial charge in [-0.25, -0.2) is 4.98 Å². The van der Waals surface area contributed by atoms with Crippen molar-refractivity contribution in [2.45, 2.75) is 13.8 Å². The molecule has 0 aliphatic rings. The molecule has 0 saturated heterocycles. The van der Waals surface area contributed by atoms with Crippen LogP contribution in [0, 0.1) is 13.8 Å². The molecule has 0 spiro atoms. The summed E-state index contributed by atoms with van der Waals surface area (Å²) in [6.07, 6.45) is 0. The van der Waals surface area contributed by atoms with Gasteiger partial charge in [0.1, 0.15) is 10.2 Å². The zero-order valence-corrected chi connectivity index (χ0v) is 9.88. The minimum atomic E-state index is -0.202. The molecule has 2 heterocycles. The maximum absolute atomic E-state index is 11.5. The van der Waals surface area contributed by atoms with Gasteiger partial charge in [0, 0.05) is 0 Å². The minimum absolute atomic E-state index is 0.202. The number of aromatic nitrogens is 2. The summed E-state index contributed by atoms with van der Waals surface area (Å²) in [6.45, 7) is 3.60. The van der Waals surface area contributed by atoms with Gasteiger partial charge in [0.05, 0.1) is 5.69 Å². The van der Waals surface area contributed by atoms with Crippen LogP contribution in [0.3, 0.4) is 0 Å². The van der Waals surface area contributed by atoms with E-state index in [9.17, 15) is 4.79 Å². The molecule has 0 bridgehead atoms. The summed E-state index contributed by atoms with van der Waals surface area (Å²) in [5.74, 6) is 1.81. The van der Waals surface area contributed by atoms with E-state index in [1.54, 1.807) is 13.0 Å². The van der Waals surface area contributed by atoms with Crippen LogP contribution in [0.5, 0.6) is 0 Å². The second-order valence-electron chi connectivity index (χ2n) is 3.22. The highest BCUT2D eigenvalue weighted by atomic mass is 79.9. The van der Waals surface area contributed by atoms with Crippen molar-refractivity contribution in [1.29, 1.82) is 0 Å². The number of furan rings is 1. The van der Waals surface area contributed by atoms with Crippen molar-refractivity contribution in [3.05, 3.63) is 38.4 Å². The van der Waals surface area contributed by atoms with Crippen molar-refractivity contribution in [2.75, 3.05) is 0 Å². The Morgan fingerprint density at radius 3 is 2.67 bits per heavy atom. The van der Waals surface area contributed by atoms with Gasteiger partial charge in [-0.05, 0) is 41.9 Å². The molecular formula is C10H9BrN2O2. The number of rotatable bonds is 1. The van der Waals surface area contributed by atoms with Crippen LogP contribution in [0.1, 0.15) is 11.5 Å². The molecule has 2 aromatic heterocycles. The first-order valence-corrected chi connectivity index (χ1v) is 5.20. The van der Waals surface area contributed by atoms with Gasteiger partial charge in [-0.15, -0.1) is 0 Å². The topological polar surface area (TPSA) is 58.9 Å². The van der Waals surface area contributed by atoms with Gasteiger partial charge in [0.2, 0.25) is 0 Å². The van der Waals surface area contributed by atoms with Crippen molar-refractivity contribution in [2.24, 2.45) is 0 Å². The molecule has 0 unspecified atom stereocenters. The lowest BCUT2D eigenvalue weighted by atomic mass is 10.4. The maximum atomic E-state index is 11.5. The van der Waals surface area contributed by atoms with E-state index in [0.717, 1.165) is 5.76 Å². The van der Waals surface area contributed by atoms with Crippen LogP contribution in [0.4, 0.5) is 0 Å². The van der Waals surface area contributed by atoms with Crippen LogP contribution in [-0.4, -0.2) is 9.97 Å². The average molecular weight is 269 g/mol. The fourth-order valence-electron chi connectivity index (χ4n) is 1.25. The summed E-state index contributed by atoms with van der Waals surface area (Å²) in [4.78, 5) is 18.3. The zero-order valence-electron chi connectivity index (χ0n) is 8.30. The molecule has 0 atom stereocenters. The number of nitrogens with one attached hydrogen (secondary N) is 1. The first-order chi connectivity index (χ1) is 7.08. The second-order valence-corrected chi connectivity index (χ2v) is 4.02. The number of aromatic amines is 1. The van der Waals surface area contributed by atoms with Gasteiger partial charge in [-0.2, -0.15) is 0 Å². The van der Waals surface area contributed by atoms with Crippen molar-refractivity contribution < 1.29 is 4.42 Å². The highest BCUT2D eigenvalue weighted by Crippen LogP contribution is 2.18. The third kappa shape index (κ3) is 1.87. The summed E-state index contributed by atoms with van der Waals surface area (Å²) in [7, 11) is 0. The Morgan fingerprint density at radius 1 is 1.40 bits per heavy atom. The predicted octanol–water partition coefficient (Wildman–Crippen LogP) is 2.41. The Bertz CT molecular complexity index is 557. The van der Waals surface area contributed by atoms with Crippen LogP contribution in [0.15, 0.2) is 25.8 Å². The molecule has 2 aromatic rings. The molecule has 0 aromatic carbocycles. The van der Waals surface area contributed by atoms with Crippen molar-refractivity contribution >= 4 is 15.9 Å². The standard InChI is InChI=1S/C10H9BrN2O2/c1-5-3-4-7(15-5)9-12-6(2)8(11)10(14)13-9/h3-4H,1-2H3,(H,12,13,14). The fraction of sp³-hybridized carbons (Fsp3) is 0.200. The monoisotopic (exact) mass is 268 g/mol. The second kappa shape index (κ2) is 3.66. The molecule has 78 valence electrons. The number of nitrogens with zero attached hydrogens (tertiary/aromatic N) is 1. The molecule has 4 nitrogen and oxygen atoms in total. The first-order valence-electron chi connectivity index (χ1n) is 4.41. The summed E-state index contributed by atoms with van der Waals surface area (Å²) >= 11 is 3.15. The molecule has 0 radical (unpaired) electrons. The van der Waals surface area contributed by atoms with E-state index in [1.165, 1.54) is 0 Å². The summed E-state index contributed by atoms with van der Waals surface area (Å²) < 4.78 is 5.82. The molecule has 0 aliphatic carbocycles. The average Bonchev–Trinajstić information content (AvgIpc) is 2.60. The molecule has 0 aliphatic heterocycles. The SMILES string of the molecule is Cc1ccc(-c2nc(C)c(Br)c(=O)[nH]2)o1. The Kier molecular flexibility index (Phi) is 2.48. The predicted molar refractivity (Wildman–Crippen MR) is 59.7 cm³/mol. The minimum Gasteiger partial charge on any atom is -0.458 e. The molecule has 0 saturated carbocycles. The Labute approximate surface area is 94.5 Å². The lowest BCUT2D eigenvalue weighted by molar-refractivity contribution is 0.543. The van der Waals surface area contributed by atoms with Gasteiger partial charge in [-0.1, -0.05) is 0 Å². The van der Waals surface area contributed by atoms with Crippen LogP contribution in [0.2, 0.25) is 0 Å². The van der Waals surface area contributed by atoms with Crippen LogP contribution in [0.25, 0.3) is 11.6 Å². The zero-order chi connectivity index (χ0) is 11.0. The number of aryl methyl sites for hydroxylation is 2. The first kappa shape index (κ1) is 10.2. The van der Waals surface area contributed by atoms with Gasteiger partial charge < -0.3 is 9.40 Å². The largest absolute Gasteiger partial charge is 0.458 e. The van der Waals surface area contributed by atoms with E-state index in [0.29, 0.717) is 21.8 Å². The third-order valence-corrected chi connectivity index (χ3v) is 2.94. The van der Waals surface area contributed by atoms with E-state index >= 15 is 0 Å². The Morgan fingerprint density at radius 2 is 2.13 bits per heavy atom. The van der Waals surface area contributed by atoms with Gasteiger partial charge in [0.25, 0.3) is 5.56 Å². The number of hydrogen-bond donors (Lipinski definition) is 1. The van der Waals surface area contributed by atoms with E-state index in [2.05, 4.69) is 25.9 Å². The molecule has 1 N–H and O–H groups in total. The molecular weight excluding hydrogens is 260 g/mol. The number of H-pyrrole nitrogens is 1. The number of halogens is 1. The maximum Gasteiger partial charge on any atom is 0.265 e. The summed E-state index contributed by atoms with van der Waals surface area (Å²) in [5, 5.41) is 0. The van der Waals surface area contributed by atoms with E-state index in [1.807, 2.05) is 13.0 Å². The van der Waals surface area contributed by atoms with E-state index < -0.39 is 0 Å². The lowest BCUT2D eigenvalue weighted by Crippen LogP contribution is -2.11. The Hall–Kier alpha value is -1.36. The summed E-state index contributed by atoms with van der Waals surface area (Å²) in [5.41, 5.74) is 0.439. The molecule has 15 heavy (non-hydrogen) atoms. The van der Waals surface area contributed by atoms with Gasteiger partial charge >= 0.3 is 0 Å². The van der Waals surface area contributed by atoms with Gasteiger partial charge in [0.15, 0.2) is 11.6 Å². The third-order valence-electron chi connectivity index (χ3n) is 2.00. The van der Waals surface area contributed by atoms with Crippen molar-refractivity contribution in [3.63, 3.8) is 0 Å². The number of hydrogen-bond acceptors (Lipinski definition) is 3. The van der Waals surface area contributed by atoms with Crippen molar-refractivity contribution in [1.82, 2.24) is 9.97 Å². The highest BCUT2D eigenvalue weighted by Gasteiger charge is 2.09. The fourth-order valence-corrected chi connectivity index (χ4v) is 1.44. The van der Waals surface area contributed by atoms with E-state index in [4.69, 9.17) is 4.42 Å². The summed E-state index contributed by atoms with van der Waals surface area (Å²) in [6, 6.07) is 3.60. The van der Waals surface area contributed by atoms with Crippen LogP contribution in [-0.2, 0) is 0 Å².